The Labute approximate surface area is 184 Å². The smallest absolute Gasteiger partial charge is 0.224 e. The number of hydrogen-bond acceptors (Lipinski definition) is 14. The van der Waals surface area contributed by atoms with Gasteiger partial charge in [-0.15, -0.1) is 0 Å². The number of ether oxygens (including phenoxy) is 5. The second kappa shape index (κ2) is 13.4. The molecule has 2 aliphatic rings. The summed E-state index contributed by atoms with van der Waals surface area (Å²) in [5.74, 6) is -2.25. The van der Waals surface area contributed by atoms with Gasteiger partial charge in [-0.25, -0.2) is 9.78 Å². The van der Waals surface area contributed by atoms with Crippen LogP contribution in [0.1, 0.15) is 6.92 Å². The van der Waals surface area contributed by atoms with Crippen LogP contribution in [-0.2, 0) is 33.5 Å². The van der Waals surface area contributed by atoms with E-state index < -0.39 is 68.0 Å². The van der Waals surface area contributed by atoms with Crippen molar-refractivity contribution in [3.63, 3.8) is 0 Å². The van der Waals surface area contributed by atoms with Crippen molar-refractivity contribution in [2.24, 2.45) is 0 Å². The molecule has 0 aromatic rings. The molecule has 0 spiro atoms. The summed E-state index contributed by atoms with van der Waals surface area (Å²) in [4.78, 5) is 9.86. The molecule has 2 fully saturated rings. The topological polar surface area (TPSA) is 206 Å². The van der Waals surface area contributed by atoms with Gasteiger partial charge in [-0.1, -0.05) is 0 Å². The Balaban J connectivity index is 1.86. The van der Waals surface area contributed by atoms with Gasteiger partial charge >= 0.3 is 0 Å². The van der Waals surface area contributed by atoms with Crippen LogP contribution in [0.15, 0.2) is 0 Å². The SMILES string of the molecule is CCOCCOCCOOC[C@H]1O[C@H](O[C@]2(CO)O[C@H](CO)[C@@H](O)[C@@H]2O)[C@H](O)[C@@H](O)[C@@H]1O. The van der Waals surface area contributed by atoms with Gasteiger partial charge in [-0.2, -0.15) is 0 Å². The van der Waals surface area contributed by atoms with Gasteiger partial charge in [0.1, 0.15) is 62.5 Å². The van der Waals surface area contributed by atoms with Crippen LogP contribution in [0.25, 0.3) is 0 Å². The molecule has 2 heterocycles. The fourth-order valence-corrected chi connectivity index (χ4v) is 3.25. The highest BCUT2D eigenvalue weighted by Gasteiger charge is 2.58. The maximum absolute atomic E-state index is 10.2. The Morgan fingerprint density at radius 2 is 1.47 bits per heavy atom. The van der Waals surface area contributed by atoms with E-state index in [1.807, 2.05) is 6.92 Å². The summed E-state index contributed by atoms with van der Waals surface area (Å²) in [6.07, 6.45) is -12.7. The van der Waals surface area contributed by atoms with Crippen LogP contribution >= 0.6 is 0 Å². The standard InChI is InChI=1S/C18H34O14/c1-2-26-3-4-27-5-6-28-29-8-11-12(21)14(23)15(24)17(30-11)32-18(9-20)16(25)13(22)10(7-19)31-18/h10-17,19-25H,2-9H2,1H3/t10-,11-,12-,13-,14+,15-,16+,17-,18+/m1/s1. The van der Waals surface area contributed by atoms with Gasteiger partial charge in [0.2, 0.25) is 5.79 Å². The van der Waals surface area contributed by atoms with Crippen molar-refractivity contribution in [3.05, 3.63) is 0 Å². The molecule has 2 rings (SSSR count). The minimum Gasteiger partial charge on any atom is -0.394 e. The molecule has 7 N–H and O–H groups in total. The first kappa shape index (κ1) is 27.7. The number of aliphatic hydroxyl groups is 7. The van der Waals surface area contributed by atoms with Crippen molar-refractivity contribution in [3.8, 4) is 0 Å². The molecule has 2 aliphatic heterocycles. The summed E-state index contributed by atoms with van der Waals surface area (Å²) in [6, 6.07) is 0. The van der Waals surface area contributed by atoms with E-state index >= 15 is 0 Å². The minimum atomic E-state index is -2.25. The molecule has 2 saturated heterocycles. The Hall–Kier alpha value is -0.560. The normalized spacial score (nSPS) is 40.1. The molecule has 0 saturated carbocycles. The number of aliphatic hydroxyl groups excluding tert-OH is 7. The largest absolute Gasteiger partial charge is 0.394 e. The van der Waals surface area contributed by atoms with E-state index in [0.717, 1.165) is 0 Å². The monoisotopic (exact) mass is 474 g/mol. The summed E-state index contributed by atoms with van der Waals surface area (Å²) in [7, 11) is 0. The van der Waals surface area contributed by atoms with Gasteiger partial charge < -0.3 is 59.4 Å². The molecule has 0 aromatic carbocycles. The molecule has 0 aromatic heterocycles. The third-order valence-corrected chi connectivity index (χ3v) is 5.09. The van der Waals surface area contributed by atoms with E-state index in [9.17, 15) is 35.7 Å². The van der Waals surface area contributed by atoms with E-state index in [4.69, 9.17) is 33.5 Å². The lowest BCUT2D eigenvalue weighted by Crippen LogP contribution is -2.62. The van der Waals surface area contributed by atoms with Crippen molar-refractivity contribution in [1.29, 1.82) is 0 Å². The third kappa shape index (κ3) is 6.74. The van der Waals surface area contributed by atoms with Crippen molar-refractivity contribution in [2.75, 3.05) is 52.9 Å². The quantitative estimate of drug-likeness (QED) is 0.0721. The zero-order chi connectivity index (χ0) is 23.7. The van der Waals surface area contributed by atoms with Gasteiger partial charge in [-0.05, 0) is 6.92 Å². The van der Waals surface area contributed by atoms with Crippen LogP contribution in [0, 0.1) is 0 Å². The van der Waals surface area contributed by atoms with E-state index in [0.29, 0.717) is 19.8 Å². The van der Waals surface area contributed by atoms with Crippen molar-refractivity contribution >= 4 is 0 Å². The van der Waals surface area contributed by atoms with Crippen LogP contribution in [0.4, 0.5) is 0 Å². The maximum atomic E-state index is 10.2. The number of rotatable bonds is 14. The first-order valence-corrected chi connectivity index (χ1v) is 10.3. The predicted molar refractivity (Wildman–Crippen MR) is 101 cm³/mol. The Morgan fingerprint density at radius 1 is 0.781 bits per heavy atom. The van der Waals surface area contributed by atoms with Crippen LogP contribution in [-0.4, -0.2) is 143 Å². The fourth-order valence-electron chi connectivity index (χ4n) is 3.25. The molecule has 14 heteroatoms. The van der Waals surface area contributed by atoms with Crippen LogP contribution in [0.3, 0.4) is 0 Å². The molecule has 32 heavy (non-hydrogen) atoms. The van der Waals surface area contributed by atoms with Crippen LogP contribution in [0.5, 0.6) is 0 Å². The summed E-state index contributed by atoms with van der Waals surface area (Å²) in [5, 5.41) is 69.6. The predicted octanol–water partition coefficient (Wildman–Crippen LogP) is -4.39. The third-order valence-electron chi connectivity index (χ3n) is 5.09. The van der Waals surface area contributed by atoms with Gasteiger partial charge in [0, 0.05) is 6.61 Å². The highest BCUT2D eigenvalue weighted by Crippen LogP contribution is 2.35. The number of hydrogen-bond donors (Lipinski definition) is 7. The summed E-state index contributed by atoms with van der Waals surface area (Å²) in [5.41, 5.74) is 0. The lowest BCUT2D eigenvalue weighted by atomic mass is 9.99. The van der Waals surface area contributed by atoms with Crippen molar-refractivity contribution in [2.45, 2.75) is 61.7 Å². The summed E-state index contributed by atoms with van der Waals surface area (Å²) < 4.78 is 26.4. The van der Waals surface area contributed by atoms with Crippen LogP contribution in [0.2, 0.25) is 0 Å². The van der Waals surface area contributed by atoms with Gasteiger partial charge in [0.25, 0.3) is 0 Å². The van der Waals surface area contributed by atoms with E-state index in [1.54, 1.807) is 0 Å². The summed E-state index contributed by atoms with van der Waals surface area (Å²) in [6.45, 7) is 1.55. The molecule has 190 valence electrons. The fraction of sp³-hybridized carbons (Fsp3) is 1.00. The second-order valence-electron chi connectivity index (χ2n) is 7.29. The summed E-state index contributed by atoms with van der Waals surface area (Å²) >= 11 is 0. The highest BCUT2D eigenvalue weighted by molar-refractivity contribution is 4.98. The average molecular weight is 474 g/mol. The first-order valence-electron chi connectivity index (χ1n) is 10.3. The zero-order valence-corrected chi connectivity index (χ0v) is 17.8. The Morgan fingerprint density at radius 3 is 2.09 bits per heavy atom. The van der Waals surface area contributed by atoms with Gasteiger partial charge in [-0.3, -0.25) is 0 Å². The molecule has 14 nitrogen and oxygen atoms in total. The highest BCUT2D eigenvalue weighted by atomic mass is 17.2. The molecule has 0 aliphatic carbocycles. The first-order chi connectivity index (χ1) is 15.3. The van der Waals surface area contributed by atoms with E-state index in [2.05, 4.69) is 0 Å². The minimum absolute atomic E-state index is 0.0636. The second-order valence-corrected chi connectivity index (χ2v) is 7.29. The Kier molecular flexibility index (Phi) is 11.6. The molecular weight excluding hydrogens is 440 g/mol. The molecule has 9 atom stereocenters. The molecule has 0 bridgehead atoms. The molecule has 0 amide bonds. The van der Waals surface area contributed by atoms with Crippen molar-refractivity contribution < 1.29 is 69.2 Å². The Bertz CT molecular complexity index is 526. The average Bonchev–Trinajstić information content (AvgIpc) is 3.04. The van der Waals surface area contributed by atoms with E-state index in [-0.39, 0.29) is 19.8 Å². The molecule has 0 unspecified atom stereocenters. The maximum Gasteiger partial charge on any atom is 0.224 e. The molecule has 0 radical (unpaired) electrons. The lowest BCUT2D eigenvalue weighted by molar-refractivity contribution is -0.395. The van der Waals surface area contributed by atoms with E-state index in [1.165, 1.54) is 0 Å². The zero-order valence-electron chi connectivity index (χ0n) is 17.8. The molecular formula is C18H34O14. The van der Waals surface area contributed by atoms with Crippen LogP contribution < -0.4 is 0 Å². The van der Waals surface area contributed by atoms with Gasteiger partial charge in [0.15, 0.2) is 6.29 Å². The van der Waals surface area contributed by atoms with Gasteiger partial charge in [0.05, 0.1) is 26.4 Å². The van der Waals surface area contributed by atoms with Crippen molar-refractivity contribution in [1.82, 2.24) is 0 Å². The lowest BCUT2D eigenvalue weighted by Gasteiger charge is -2.43.